The molecular formula is C7H11BrN2O. The third kappa shape index (κ3) is 2.05. The van der Waals surface area contributed by atoms with E-state index in [1.54, 1.807) is 7.11 Å². The summed E-state index contributed by atoms with van der Waals surface area (Å²) in [6.07, 6.45) is 0. The standard InChI is InChI=1S/C7H11BrN2O/c1-11-4-5-2-6(3-9)10-7(5)8/h2,10H,3-4,9H2,1H3. The molecule has 0 unspecified atom stereocenters. The van der Waals surface area contributed by atoms with E-state index in [9.17, 15) is 0 Å². The first-order chi connectivity index (χ1) is 5.27. The highest BCUT2D eigenvalue weighted by atomic mass is 79.9. The van der Waals surface area contributed by atoms with Crippen molar-refractivity contribution in [3.63, 3.8) is 0 Å². The maximum atomic E-state index is 5.44. The predicted molar refractivity (Wildman–Crippen MR) is 47.1 cm³/mol. The van der Waals surface area contributed by atoms with E-state index < -0.39 is 0 Å². The lowest BCUT2D eigenvalue weighted by atomic mass is 10.3. The van der Waals surface area contributed by atoms with Gasteiger partial charge in [0.25, 0.3) is 0 Å². The Bertz CT molecular complexity index is 234. The summed E-state index contributed by atoms with van der Waals surface area (Å²) < 4.78 is 5.93. The largest absolute Gasteiger partial charge is 0.380 e. The number of methoxy groups -OCH3 is 1. The van der Waals surface area contributed by atoms with Gasteiger partial charge in [0.15, 0.2) is 0 Å². The first-order valence-corrected chi connectivity index (χ1v) is 4.12. The second kappa shape index (κ2) is 3.90. The Morgan fingerprint density at radius 2 is 2.45 bits per heavy atom. The number of nitrogens with one attached hydrogen (secondary N) is 1. The fraction of sp³-hybridized carbons (Fsp3) is 0.429. The number of ether oxygens (including phenoxy) is 1. The summed E-state index contributed by atoms with van der Waals surface area (Å²) >= 11 is 3.37. The number of aromatic amines is 1. The number of halogens is 1. The maximum absolute atomic E-state index is 5.44. The smallest absolute Gasteiger partial charge is 0.0878 e. The zero-order chi connectivity index (χ0) is 8.27. The Kier molecular flexibility index (Phi) is 3.11. The van der Waals surface area contributed by atoms with E-state index >= 15 is 0 Å². The third-order valence-electron chi connectivity index (χ3n) is 1.42. The molecule has 1 rings (SSSR count). The molecule has 0 aromatic carbocycles. The van der Waals surface area contributed by atoms with Crippen LogP contribution in [0.1, 0.15) is 11.3 Å². The van der Waals surface area contributed by atoms with Gasteiger partial charge in [0.2, 0.25) is 0 Å². The van der Waals surface area contributed by atoms with Crippen LogP contribution in [0.15, 0.2) is 10.7 Å². The summed E-state index contributed by atoms with van der Waals surface area (Å²) in [5.74, 6) is 0. The van der Waals surface area contributed by atoms with Gasteiger partial charge in [-0.15, -0.1) is 0 Å². The second-order valence-electron chi connectivity index (χ2n) is 2.27. The van der Waals surface area contributed by atoms with E-state index in [2.05, 4.69) is 20.9 Å². The Morgan fingerprint density at radius 1 is 1.73 bits per heavy atom. The molecule has 0 aliphatic rings. The average Bonchev–Trinajstić information content (AvgIpc) is 2.33. The van der Waals surface area contributed by atoms with Gasteiger partial charge in [-0.25, -0.2) is 0 Å². The molecule has 0 saturated heterocycles. The molecule has 0 radical (unpaired) electrons. The lowest BCUT2D eigenvalue weighted by molar-refractivity contribution is 0.184. The van der Waals surface area contributed by atoms with Crippen molar-refractivity contribution in [2.75, 3.05) is 7.11 Å². The van der Waals surface area contributed by atoms with Crippen molar-refractivity contribution in [1.82, 2.24) is 4.98 Å². The molecule has 0 spiro atoms. The first kappa shape index (κ1) is 8.77. The summed E-state index contributed by atoms with van der Waals surface area (Å²) in [4.78, 5) is 3.09. The Hall–Kier alpha value is -0.320. The molecule has 3 nitrogen and oxygen atoms in total. The molecule has 0 aliphatic carbocycles. The summed E-state index contributed by atoms with van der Waals surface area (Å²) in [6, 6.07) is 1.99. The van der Waals surface area contributed by atoms with Crippen molar-refractivity contribution < 1.29 is 4.74 Å². The quantitative estimate of drug-likeness (QED) is 0.806. The number of aromatic nitrogens is 1. The van der Waals surface area contributed by atoms with Crippen LogP contribution in [0.4, 0.5) is 0 Å². The number of nitrogens with two attached hydrogens (primary N) is 1. The number of hydrogen-bond donors (Lipinski definition) is 2. The van der Waals surface area contributed by atoms with E-state index in [0.717, 1.165) is 15.9 Å². The minimum Gasteiger partial charge on any atom is -0.380 e. The fourth-order valence-corrected chi connectivity index (χ4v) is 1.39. The van der Waals surface area contributed by atoms with Gasteiger partial charge in [0, 0.05) is 24.9 Å². The predicted octanol–water partition coefficient (Wildman–Crippen LogP) is 1.38. The van der Waals surface area contributed by atoms with Crippen LogP contribution in [0.25, 0.3) is 0 Å². The van der Waals surface area contributed by atoms with Crippen LogP contribution in [0.2, 0.25) is 0 Å². The number of H-pyrrole nitrogens is 1. The average molecular weight is 219 g/mol. The van der Waals surface area contributed by atoms with Gasteiger partial charge >= 0.3 is 0 Å². The van der Waals surface area contributed by atoms with Crippen molar-refractivity contribution in [2.24, 2.45) is 5.73 Å². The van der Waals surface area contributed by atoms with Crippen molar-refractivity contribution in [3.8, 4) is 0 Å². The van der Waals surface area contributed by atoms with Crippen molar-refractivity contribution in [1.29, 1.82) is 0 Å². The van der Waals surface area contributed by atoms with Gasteiger partial charge in [0.05, 0.1) is 11.2 Å². The monoisotopic (exact) mass is 218 g/mol. The van der Waals surface area contributed by atoms with Crippen LogP contribution in [0, 0.1) is 0 Å². The molecule has 1 aromatic heterocycles. The fourth-order valence-electron chi connectivity index (χ4n) is 0.901. The molecule has 3 N–H and O–H groups in total. The Balaban J connectivity index is 2.79. The summed E-state index contributed by atoms with van der Waals surface area (Å²) in [7, 11) is 1.67. The van der Waals surface area contributed by atoms with E-state index in [1.807, 2.05) is 6.07 Å². The lowest BCUT2D eigenvalue weighted by Gasteiger charge is -1.93. The zero-order valence-corrected chi connectivity index (χ0v) is 7.94. The topological polar surface area (TPSA) is 51.0 Å². The third-order valence-corrected chi connectivity index (χ3v) is 2.13. The SMILES string of the molecule is COCc1cc(CN)[nH]c1Br. The molecule has 0 amide bonds. The highest BCUT2D eigenvalue weighted by molar-refractivity contribution is 9.10. The lowest BCUT2D eigenvalue weighted by Crippen LogP contribution is -1.95. The highest BCUT2D eigenvalue weighted by Gasteiger charge is 2.03. The number of hydrogen-bond acceptors (Lipinski definition) is 2. The normalized spacial score (nSPS) is 10.5. The molecule has 1 aromatic rings. The van der Waals surface area contributed by atoms with E-state index in [1.165, 1.54) is 0 Å². The Morgan fingerprint density at radius 3 is 2.91 bits per heavy atom. The molecule has 62 valence electrons. The summed E-state index contributed by atoms with van der Waals surface area (Å²) in [5, 5.41) is 0. The van der Waals surface area contributed by atoms with Crippen LogP contribution in [0.5, 0.6) is 0 Å². The minimum absolute atomic E-state index is 0.530. The highest BCUT2D eigenvalue weighted by Crippen LogP contribution is 2.17. The molecule has 1 heterocycles. The van der Waals surface area contributed by atoms with Crippen molar-refractivity contribution in [3.05, 3.63) is 21.9 Å². The zero-order valence-electron chi connectivity index (χ0n) is 6.36. The molecule has 0 fully saturated rings. The first-order valence-electron chi connectivity index (χ1n) is 3.33. The molecule has 4 heteroatoms. The van der Waals surface area contributed by atoms with Crippen LogP contribution >= 0.6 is 15.9 Å². The van der Waals surface area contributed by atoms with Gasteiger partial charge in [-0.1, -0.05) is 0 Å². The molecule has 0 atom stereocenters. The van der Waals surface area contributed by atoms with Crippen LogP contribution < -0.4 is 5.73 Å². The number of rotatable bonds is 3. The minimum atomic E-state index is 0.530. The summed E-state index contributed by atoms with van der Waals surface area (Å²) in [5.41, 5.74) is 7.56. The molecule has 0 bridgehead atoms. The van der Waals surface area contributed by atoms with Crippen molar-refractivity contribution in [2.45, 2.75) is 13.2 Å². The van der Waals surface area contributed by atoms with E-state index in [0.29, 0.717) is 13.2 Å². The van der Waals surface area contributed by atoms with Crippen LogP contribution in [0.3, 0.4) is 0 Å². The van der Waals surface area contributed by atoms with Gasteiger partial charge in [-0.3, -0.25) is 0 Å². The Labute approximate surface area is 74.1 Å². The van der Waals surface area contributed by atoms with Crippen LogP contribution in [-0.2, 0) is 17.9 Å². The van der Waals surface area contributed by atoms with Gasteiger partial charge < -0.3 is 15.5 Å². The second-order valence-corrected chi connectivity index (χ2v) is 3.06. The van der Waals surface area contributed by atoms with Gasteiger partial charge in [-0.2, -0.15) is 0 Å². The van der Waals surface area contributed by atoms with Crippen LogP contribution in [-0.4, -0.2) is 12.1 Å². The molecule has 0 saturated carbocycles. The molecule has 0 aliphatic heterocycles. The van der Waals surface area contributed by atoms with E-state index in [-0.39, 0.29) is 0 Å². The maximum Gasteiger partial charge on any atom is 0.0878 e. The summed E-state index contributed by atoms with van der Waals surface area (Å²) in [6.45, 7) is 1.14. The van der Waals surface area contributed by atoms with Gasteiger partial charge in [0.1, 0.15) is 0 Å². The van der Waals surface area contributed by atoms with E-state index in [4.69, 9.17) is 10.5 Å². The molecular weight excluding hydrogens is 208 g/mol. The van der Waals surface area contributed by atoms with Crippen molar-refractivity contribution >= 4 is 15.9 Å². The van der Waals surface area contributed by atoms with Gasteiger partial charge in [-0.05, 0) is 22.0 Å². The molecule has 11 heavy (non-hydrogen) atoms.